The fourth-order valence-corrected chi connectivity index (χ4v) is 2.30. The van der Waals surface area contributed by atoms with Gasteiger partial charge in [-0.05, 0) is 65.7 Å². The molecule has 3 aromatic carbocycles. The second kappa shape index (κ2) is 9.09. The largest absolute Gasteiger partial charge is 0.508 e. The predicted molar refractivity (Wildman–Crippen MR) is 106 cm³/mol. The van der Waals surface area contributed by atoms with Gasteiger partial charge in [-0.2, -0.15) is 15.3 Å². The van der Waals surface area contributed by atoms with Crippen molar-refractivity contribution >= 4 is 17.8 Å². The molecule has 0 aromatic heterocycles. The number of azo groups is 1. The van der Waals surface area contributed by atoms with Gasteiger partial charge in [0.1, 0.15) is 11.5 Å². The van der Waals surface area contributed by atoms with E-state index in [1.165, 1.54) is 18.3 Å². The van der Waals surface area contributed by atoms with Crippen molar-refractivity contribution in [2.75, 3.05) is 0 Å². The predicted octanol–water partition coefficient (Wildman–Crippen LogP) is 4.15. The number of nitrogens with one attached hydrogen (secondary N) is 1. The molecule has 0 radical (unpaired) electrons. The van der Waals surface area contributed by atoms with E-state index < -0.39 is 0 Å². The van der Waals surface area contributed by atoms with E-state index in [2.05, 4.69) is 20.8 Å². The number of nitrogens with zero attached hydrogens (tertiary/aromatic N) is 3. The van der Waals surface area contributed by atoms with Crippen LogP contribution in [0.25, 0.3) is 0 Å². The summed E-state index contributed by atoms with van der Waals surface area (Å²) in [5.74, 6) is -0.00402. The molecule has 140 valence electrons. The molecule has 0 saturated carbocycles. The molecule has 0 spiro atoms. The van der Waals surface area contributed by atoms with Crippen molar-refractivity contribution in [1.82, 2.24) is 5.43 Å². The van der Waals surface area contributed by atoms with E-state index in [9.17, 15) is 15.0 Å². The molecule has 0 saturated heterocycles. The number of carbonyl (C=O) groups is 1. The van der Waals surface area contributed by atoms with Gasteiger partial charge in [-0.25, -0.2) is 5.43 Å². The molecule has 3 N–H and O–H groups in total. The standard InChI is InChI=1S/C21H18N4O3/c26-19-8-4-15(5-9-19)13-22-24-18-3-1-2-17(12-18)21(28)25-23-14-16-6-10-20(27)11-7-16/h1-12,14,26-27H,13H2,(H,25,28)/b23-14+,24-22?. The maximum Gasteiger partial charge on any atom is 0.271 e. The lowest BCUT2D eigenvalue weighted by molar-refractivity contribution is 0.0955. The second-order valence-corrected chi connectivity index (χ2v) is 5.91. The summed E-state index contributed by atoms with van der Waals surface area (Å²) in [6, 6.07) is 19.9. The van der Waals surface area contributed by atoms with E-state index in [-0.39, 0.29) is 17.4 Å². The lowest BCUT2D eigenvalue weighted by Gasteiger charge is -2.01. The molecular formula is C21H18N4O3. The molecule has 0 bridgehead atoms. The van der Waals surface area contributed by atoms with Crippen molar-refractivity contribution in [2.45, 2.75) is 6.54 Å². The zero-order valence-electron chi connectivity index (χ0n) is 14.9. The summed E-state index contributed by atoms with van der Waals surface area (Å²) >= 11 is 0. The number of aromatic hydroxyl groups is 2. The zero-order chi connectivity index (χ0) is 19.8. The summed E-state index contributed by atoms with van der Waals surface area (Å²) in [6.45, 7) is 0.369. The van der Waals surface area contributed by atoms with E-state index in [1.54, 1.807) is 60.7 Å². The van der Waals surface area contributed by atoms with Crippen LogP contribution in [-0.4, -0.2) is 22.3 Å². The van der Waals surface area contributed by atoms with Gasteiger partial charge in [0.05, 0.1) is 18.4 Å². The first kappa shape index (κ1) is 18.8. The smallest absolute Gasteiger partial charge is 0.271 e. The average molecular weight is 374 g/mol. The molecule has 1 amide bonds. The maximum absolute atomic E-state index is 12.2. The molecule has 7 nitrogen and oxygen atoms in total. The Bertz CT molecular complexity index is 997. The Morgan fingerprint density at radius 2 is 1.61 bits per heavy atom. The number of phenols is 2. The van der Waals surface area contributed by atoms with Crippen LogP contribution >= 0.6 is 0 Å². The highest BCUT2D eigenvalue weighted by molar-refractivity contribution is 5.95. The first-order valence-corrected chi connectivity index (χ1v) is 8.48. The molecule has 0 aliphatic heterocycles. The van der Waals surface area contributed by atoms with Crippen LogP contribution < -0.4 is 5.43 Å². The minimum Gasteiger partial charge on any atom is -0.508 e. The van der Waals surface area contributed by atoms with E-state index >= 15 is 0 Å². The number of hydrazone groups is 1. The van der Waals surface area contributed by atoms with Crippen molar-refractivity contribution in [3.63, 3.8) is 0 Å². The molecule has 0 aliphatic rings. The van der Waals surface area contributed by atoms with Crippen LogP contribution in [-0.2, 0) is 6.54 Å². The van der Waals surface area contributed by atoms with Crippen molar-refractivity contribution < 1.29 is 15.0 Å². The summed E-state index contributed by atoms with van der Waals surface area (Å²) in [6.07, 6.45) is 1.48. The topological polar surface area (TPSA) is 107 Å². The highest BCUT2D eigenvalue weighted by Gasteiger charge is 2.04. The summed E-state index contributed by atoms with van der Waals surface area (Å²) in [4.78, 5) is 12.2. The SMILES string of the molecule is O=C(N/N=C/c1ccc(O)cc1)c1cccc(N=NCc2ccc(O)cc2)c1. The number of phenolic OH excluding ortho intramolecular Hbond substituents is 2. The minimum atomic E-state index is -0.370. The third-order valence-electron chi connectivity index (χ3n) is 3.76. The molecule has 0 heterocycles. The average Bonchev–Trinajstić information content (AvgIpc) is 2.71. The van der Waals surface area contributed by atoms with Gasteiger partial charge in [-0.1, -0.05) is 18.2 Å². The molecule has 0 aliphatic carbocycles. The number of carbonyl (C=O) groups excluding carboxylic acids is 1. The number of amides is 1. The first-order valence-electron chi connectivity index (χ1n) is 8.48. The minimum absolute atomic E-state index is 0.164. The van der Waals surface area contributed by atoms with Crippen LogP contribution in [0.2, 0.25) is 0 Å². The van der Waals surface area contributed by atoms with Crippen molar-refractivity contribution in [1.29, 1.82) is 0 Å². The summed E-state index contributed by atoms with van der Waals surface area (Å²) < 4.78 is 0. The number of rotatable bonds is 6. The van der Waals surface area contributed by atoms with Crippen LogP contribution in [0, 0.1) is 0 Å². The molecule has 7 heteroatoms. The first-order chi connectivity index (χ1) is 13.6. The fraction of sp³-hybridized carbons (Fsp3) is 0.0476. The third kappa shape index (κ3) is 5.50. The van der Waals surface area contributed by atoms with Gasteiger partial charge in [0, 0.05) is 5.56 Å². The van der Waals surface area contributed by atoms with Crippen LogP contribution in [0.1, 0.15) is 21.5 Å². The summed E-state index contributed by atoms with van der Waals surface area (Å²) in [5, 5.41) is 30.7. The Morgan fingerprint density at radius 3 is 2.32 bits per heavy atom. The second-order valence-electron chi connectivity index (χ2n) is 5.91. The summed E-state index contributed by atoms with van der Waals surface area (Å²) in [7, 11) is 0. The van der Waals surface area contributed by atoms with Gasteiger partial charge < -0.3 is 10.2 Å². The van der Waals surface area contributed by atoms with Gasteiger partial charge in [0.25, 0.3) is 5.91 Å². The van der Waals surface area contributed by atoms with Crippen LogP contribution in [0.5, 0.6) is 11.5 Å². The highest BCUT2D eigenvalue weighted by Crippen LogP contribution is 2.16. The van der Waals surface area contributed by atoms with Gasteiger partial charge in [0.15, 0.2) is 0 Å². The van der Waals surface area contributed by atoms with Crippen molar-refractivity contribution in [2.24, 2.45) is 15.3 Å². The van der Waals surface area contributed by atoms with Crippen LogP contribution in [0.3, 0.4) is 0 Å². The third-order valence-corrected chi connectivity index (χ3v) is 3.76. The van der Waals surface area contributed by atoms with E-state index in [1.807, 2.05) is 0 Å². The molecule has 0 atom stereocenters. The van der Waals surface area contributed by atoms with Crippen LogP contribution in [0.15, 0.2) is 88.1 Å². The summed E-state index contributed by atoms with van der Waals surface area (Å²) in [5.41, 5.74) is 5.07. The van der Waals surface area contributed by atoms with Gasteiger partial charge in [-0.15, -0.1) is 0 Å². The van der Waals surface area contributed by atoms with Crippen LogP contribution in [0.4, 0.5) is 5.69 Å². The number of benzene rings is 3. The Kier molecular flexibility index (Phi) is 6.10. The molecule has 3 aromatic rings. The number of hydrogen-bond donors (Lipinski definition) is 3. The molecule has 28 heavy (non-hydrogen) atoms. The normalized spacial score (nSPS) is 11.1. The van der Waals surface area contributed by atoms with Crippen molar-refractivity contribution in [3.05, 3.63) is 89.5 Å². The Morgan fingerprint density at radius 1 is 0.929 bits per heavy atom. The van der Waals surface area contributed by atoms with Gasteiger partial charge >= 0.3 is 0 Å². The Labute approximate surface area is 161 Å². The molecule has 0 fully saturated rings. The monoisotopic (exact) mass is 374 g/mol. The molecular weight excluding hydrogens is 356 g/mol. The van der Waals surface area contributed by atoms with E-state index in [0.29, 0.717) is 17.8 Å². The highest BCUT2D eigenvalue weighted by atomic mass is 16.3. The molecule has 3 rings (SSSR count). The molecule has 0 unspecified atom stereocenters. The lowest BCUT2D eigenvalue weighted by Crippen LogP contribution is -2.17. The van der Waals surface area contributed by atoms with Gasteiger partial charge in [0.2, 0.25) is 0 Å². The number of hydrogen-bond acceptors (Lipinski definition) is 6. The maximum atomic E-state index is 12.2. The zero-order valence-corrected chi connectivity index (χ0v) is 14.9. The lowest BCUT2D eigenvalue weighted by atomic mass is 10.2. The van der Waals surface area contributed by atoms with Crippen molar-refractivity contribution in [3.8, 4) is 11.5 Å². The Balaban J connectivity index is 1.58. The Hall–Kier alpha value is -4.00. The van der Waals surface area contributed by atoms with E-state index in [0.717, 1.165) is 11.1 Å². The van der Waals surface area contributed by atoms with E-state index in [4.69, 9.17) is 0 Å². The fourth-order valence-electron chi connectivity index (χ4n) is 2.30. The van der Waals surface area contributed by atoms with Gasteiger partial charge in [-0.3, -0.25) is 4.79 Å². The quantitative estimate of drug-likeness (QED) is 0.343.